The van der Waals surface area contributed by atoms with Crippen molar-refractivity contribution in [1.82, 2.24) is 4.90 Å². The number of nitrogens with zero attached hydrogens (tertiary/aromatic N) is 1. The largest absolute Gasteiger partial charge is 0.416 e. The molecular weight excluding hydrogens is 314 g/mol. The van der Waals surface area contributed by atoms with Crippen molar-refractivity contribution < 1.29 is 27.1 Å². The lowest BCUT2D eigenvalue weighted by atomic mass is 9.97. The molecule has 23 heavy (non-hydrogen) atoms. The minimum atomic E-state index is -4.66. The van der Waals surface area contributed by atoms with E-state index in [4.69, 9.17) is 4.74 Å². The third kappa shape index (κ3) is 4.22. The molecule has 1 amide bonds. The van der Waals surface area contributed by atoms with Gasteiger partial charge < -0.3 is 9.64 Å². The Morgan fingerprint density at radius 1 is 1.39 bits per heavy atom. The standard InChI is InChI=1S/C16H19F4NO2/c1-15(7-4-8-23-15)9-14(22)21(2)10-11-12(16(18,19)20)5-3-6-13(11)17/h3,5-6H,4,7-10H2,1-2H3. The molecule has 1 saturated heterocycles. The van der Waals surface area contributed by atoms with Gasteiger partial charge in [-0.25, -0.2) is 4.39 Å². The van der Waals surface area contributed by atoms with Gasteiger partial charge in [0.25, 0.3) is 0 Å². The fourth-order valence-corrected chi connectivity index (χ4v) is 2.74. The number of benzene rings is 1. The average molecular weight is 333 g/mol. The molecule has 0 aliphatic carbocycles. The van der Waals surface area contributed by atoms with E-state index in [1.807, 2.05) is 0 Å². The maximum Gasteiger partial charge on any atom is 0.416 e. The van der Waals surface area contributed by atoms with Crippen molar-refractivity contribution in [3.05, 3.63) is 35.1 Å². The lowest BCUT2D eigenvalue weighted by Crippen LogP contribution is -2.35. The van der Waals surface area contributed by atoms with Gasteiger partial charge in [-0.3, -0.25) is 4.79 Å². The highest BCUT2D eigenvalue weighted by Gasteiger charge is 2.36. The molecule has 0 bridgehead atoms. The van der Waals surface area contributed by atoms with Crippen LogP contribution in [0.1, 0.15) is 37.3 Å². The van der Waals surface area contributed by atoms with Crippen LogP contribution >= 0.6 is 0 Å². The van der Waals surface area contributed by atoms with Crippen LogP contribution in [0.4, 0.5) is 17.6 Å². The Morgan fingerprint density at radius 2 is 2.09 bits per heavy atom. The summed E-state index contributed by atoms with van der Waals surface area (Å²) in [5.41, 5.74) is -2.17. The minimum absolute atomic E-state index is 0.0688. The Kier molecular flexibility index (Phi) is 4.98. The van der Waals surface area contributed by atoms with E-state index in [0.717, 1.165) is 35.9 Å². The molecule has 1 atom stereocenters. The summed E-state index contributed by atoms with van der Waals surface area (Å²) < 4.78 is 58.3. The smallest absolute Gasteiger partial charge is 0.375 e. The molecule has 0 aromatic heterocycles. The van der Waals surface area contributed by atoms with E-state index in [9.17, 15) is 22.4 Å². The van der Waals surface area contributed by atoms with Crippen molar-refractivity contribution in [1.29, 1.82) is 0 Å². The zero-order valence-corrected chi connectivity index (χ0v) is 13.0. The number of carbonyl (C=O) groups is 1. The Morgan fingerprint density at radius 3 is 2.65 bits per heavy atom. The SMILES string of the molecule is CN(Cc1c(F)cccc1C(F)(F)F)C(=O)CC1(C)CCCO1. The monoisotopic (exact) mass is 333 g/mol. The quantitative estimate of drug-likeness (QED) is 0.785. The Balaban J connectivity index is 2.14. The predicted molar refractivity (Wildman–Crippen MR) is 76.1 cm³/mol. The zero-order valence-electron chi connectivity index (χ0n) is 13.0. The Hall–Kier alpha value is -1.63. The summed E-state index contributed by atoms with van der Waals surface area (Å²) in [5, 5.41) is 0. The normalized spacial score (nSPS) is 21.5. The summed E-state index contributed by atoms with van der Waals surface area (Å²) in [6.45, 7) is 1.94. The van der Waals surface area contributed by atoms with Gasteiger partial charge in [-0.15, -0.1) is 0 Å². The molecule has 1 aromatic rings. The second-order valence-electron chi connectivity index (χ2n) is 6.09. The highest BCUT2D eigenvalue weighted by Crippen LogP contribution is 2.34. The van der Waals surface area contributed by atoms with E-state index < -0.39 is 35.3 Å². The first kappa shape index (κ1) is 17.7. The molecule has 128 valence electrons. The van der Waals surface area contributed by atoms with E-state index in [-0.39, 0.29) is 12.3 Å². The molecule has 1 heterocycles. The predicted octanol–water partition coefficient (Wildman–Crippen LogP) is 3.76. The molecule has 1 aliphatic rings. The van der Waals surface area contributed by atoms with Gasteiger partial charge in [-0.1, -0.05) is 6.07 Å². The number of rotatable bonds is 4. The van der Waals surface area contributed by atoms with Crippen LogP contribution in [0.5, 0.6) is 0 Å². The molecular formula is C16H19F4NO2. The summed E-state index contributed by atoms with van der Waals surface area (Å²) >= 11 is 0. The van der Waals surface area contributed by atoms with Crippen molar-refractivity contribution in [3.8, 4) is 0 Å². The maximum absolute atomic E-state index is 13.8. The van der Waals surface area contributed by atoms with Crippen molar-refractivity contribution in [2.75, 3.05) is 13.7 Å². The summed E-state index contributed by atoms with van der Waals surface area (Å²) in [4.78, 5) is 13.3. The number of carbonyl (C=O) groups excluding carboxylic acids is 1. The lowest BCUT2D eigenvalue weighted by Gasteiger charge is -2.26. The highest BCUT2D eigenvalue weighted by atomic mass is 19.4. The van der Waals surface area contributed by atoms with Crippen molar-refractivity contribution >= 4 is 5.91 Å². The topological polar surface area (TPSA) is 29.5 Å². The Labute approximate surface area is 132 Å². The number of amides is 1. The number of hydrogen-bond donors (Lipinski definition) is 0. The second kappa shape index (κ2) is 6.47. The van der Waals surface area contributed by atoms with Gasteiger partial charge in [-0.2, -0.15) is 13.2 Å². The van der Waals surface area contributed by atoms with Crippen LogP contribution in [0, 0.1) is 5.82 Å². The number of alkyl halides is 3. The van der Waals surface area contributed by atoms with Crippen LogP contribution < -0.4 is 0 Å². The molecule has 0 N–H and O–H groups in total. The molecule has 7 heteroatoms. The van der Waals surface area contributed by atoms with Crippen LogP contribution in [0.25, 0.3) is 0 Å². The van der Waals surface area contributed by atoms with E-state index in [1.54, 1.807) is 6.92 Å². The number of ether oxygens (including phenoxy) is 1. The second-order valence-corrected chi connectivity index (χ2v) is 6.09. The molecule has 3 nitrogen and oxygen atoms in total. The lowest BCUT2D eigenvalue weighted by molar-refractivity contribution is -0.141. The van der Waals surface area contributed by atoms with Crippen molar-refractivity contribution in [2.24, 2.45) is 0 Å². The van der Waals surface area contributed by atoms with E-state index in [1.165, 1.54) is 7.05 Å². The molecule has 2 rings (SSSR count). The first-order chi connectivity index (χ1) is 10.6. The van der Waals surface area contributed by atoms with Crippen molar-refractivity contribution in [3.63, 3.8) is 0 Å². The molecule has 0 saturated carbocycles. The molecule has 0 radical (unpaired) electrons. The van der Waals surface area contributed by atoms with Crippen molar-refractivity contribution in [2.45, 2.75) is 44.5 Å². The number of halogens is 4. The number of hydrogen-bond acceptors (Lipinski definition) is 2. The van der Waals surface area contributed by atoms with Gasteiger partial charge >= 0.3 is 6.18 Å². The third-order valence-electron chi connectivity index (χ3n) is 4.07. The van der Waals surface area contributed by atoms with Gasteiger partial charge in [0.05, 0.1) is 17.6 Å². The summed E-state index contributed by atoms with van der Waals surface area (Å²) in [7, 11) is 1.37. The van der Waals surface area contributed by atoms with E-state index in [0.29, 0.717) is 6.61 Å². The fourth-order valence-electron chi connectivity index (χ4n) is 2.74. The van der Waals surface area contributed by atoms with E-state index in [2.05, 4.69) is 0 Å². The molecule has 1 aromatic carbocycles. The molecule has 1 unspecified atom stereocenters. The van der Waals surface area contributed by atoms with Gasteiger partial charge in [-0.05, 0) is 31.9 Å². The first-order valence-corrected chi connectivity index (χ1v) is 7.35. The first-order valence-electron chi connectivity index (χ1n) is 7.35. The van der Waals surface area contributed by atoms with Gasteiger partial charge in [0.2, 0.25) is 5.91 Å². The van der Waals surface area contributed by atoms with Crippen LogP contribution in [0.2, 0.25) is 0 Å². The van der Waals surface area contributed by atoms with Crippen LogP contribution in [0.15, 0.2) is 18.2 Å². The van der Waals surface area contributed by atoms with Gasteiger partial charge in [0.15, 0.2) is 0 Å². The third-order valence-corrected chi connectivity index (χ3v) is 4.07. The van der Waals surface area contributed by atoms with Gasteiger partial charge in [0.1, 0.15) is 5.82 Å². The molecule has 1 fully saturated rings. The summed E-state index contributed by atoms with van der Waals surface area (Å²) in [6, 6.07) is 2.79. The Bertz CT molecular complexity index is 580. The van der Waals surface area contributed by atoms with Crippen LogP contribution in [0.3, 0.4) is 0 Å². The maximum atomic E-state index is 13.8. The van der Waals surface area contributed by atoms with Gasteiger partial charge in [0, 0.05) is 25.8 Å². The summed E-state index contributed by atoms with van der Waals surface area (Å²) in [6.07, 6.45) is -3.03. The van der Waals surface area contributed by atoms with Crippen LogP contribution in [-0.2, 0) is 22.3 Å². The van der Waals surface area contributed by atoms with Crippen LogP contribution in [-0.4, -0.2) is 30.1 Å². The highest BCUT2D eigenvalue weighted by molar-refractivity contribution is 5.77. The summed E-state index contributed by atoms with van der Waals surface area (Å²) in [5.74, 6) is -1.34. The average Bonchev–Trinajstić information content (AvgIpc) is 2.86. The molecule has 1 aliphatic heterocycles. The minimum Gasteiger partial charge on any atom is -0.375 e. The van der Waals surface area contributed by atoms with E-state index >= 15 is 0 Å². The fraction of sp³-hybridized carbons (Fsp3) is 0.562. The molecule has 0 spiro atoms. The zero-order chi connectivity index (χ0) is 17.3.